The Balaban J connectivity index is 2.17. The van der Waals surface area contributed by atoms with Crippen molar-refractivity contribution in [1.29, 1.82) is 5.26 Å². The zero-order valence-corrected chi connectivity index (χ0v) is 11.8. The van der Waals surface area contributed by atoms with E-state index in [2.05, 4.69) is 10.3 Å². The van der Waals surface area contributed by atoms with Gasteiger partial charge in [0.15, 0.2) is 0 Å². The van der Waals surface area contributed by atoms with Crippen LogP contribution in [-0.4, -0.2) is 9.91 Å². The Morgan fingerprint density at radius 1 is 1.50 bits per heavy atom. The lowest BCUT2D eigenvalue weighted by Crippen LogP contribution is -2.01. The van der Waals surface area contributed by atoms with Crippen LogP contribution in [0.4, 0.5) is 11.4 Å². The smallest absolute Gasteiger partial charge is 0.270 e. The van der Waals surface area contributed by atoms with Crippen molar-refractivity contribution < 1.29 is 4.92 Å². The first-order chi connectivity index (χ1) is 9.51. The van der Waals surface area contributed by atoms with Gasteiger partial charge >= 0.3 is 0 Å². The molecule has 0 bridgehead atoms. The number of hydrogen-bond donors (Lipinski definition) is 1. The Hall–Kier alpha value is -2.46. The molecule has 2 rings (SSSR count). The number of anilines is 1. The minimum Gasteiger partial charge on any atom is -0.377 e. The van der Waals surface area contributed by atoms with Gasteiger partial charge in [-0.1, -0.05) is 0 Å². The van der Waals surface area contributed by atoms with Gasteiger partial charge in [-0.3, -0.25) is 10.1 Å². The molecule has 0 amide bonds. The third-order valence-electron chi connectivity index (χ3n) is 2.84. The van der Waals surface area contributed by atoms with E-state index in [1.165, 1.54) is 12.1 Å². The van der Waals surface area contributed by atoms with E-state index >= 15 is 0 Å². The first-order valence-corrected chi connectivity index (χ1v) is 6.68. The van der Waals surface area contributed by atoms with Crippen LogP contribution in [0.5, 0.6) is 0 Å². The predicted octanol–water partition coefficient (Wildman–Crippen LogP) is 3.15. The van der Waals surface area contributed by atoms with E-state index in [0.717, 1.165) is 15.6 Å². The van der Waals surface area contributed by atoms with Crippen LogP contribution in [0, 0.1) is 35.3 Å². The number of aromatic nitrogens is 1. The third-order valence-corrected chi connectivity index (χ3v) is 3.91. The number of non-ortho nitro benzene ring substituents is 1. The van der Waals surface area contributed by atoms with Crippen LogP contribution in [0.2, 0.25) is 0 Å². The summed E-state index contributed by atoms with van der Waals surface area (Å²) in [5.74, 6) is 0. The van der Waals surface area contributed by atoms with Gasteiger partial charge in [-0.25, -0.2) is 4.98 Å². The van der Waals surface area contributed by atoms with Gasteiger partial charge in [0.2, 0.25) is 0 Å². The van der Waals surface area contributed by atoms with Gasteiger partial charge in [0, 0.05) is 17.0 Å². The summed E-state index contributed by atoms with van der Waals surface area (Å²) in [5, 5.41) is 23.7. The molecule has 7 heteroatoms. The maximum atomic E-state index is 10.7. The summed E-state index contributed by atoms with van der Waals surface area (Å²) >= 11 is 1.59. The van der Waals surface area contributed by atoms with E-state index < -0.39 is 4.92 Å². The molecular weight excluding hydrogens is 276 g/mol. The van der Waals surface area contributed by atoms with Crippen molar-refractivity contribution in [2.24, 2.45) is 0 Å². The number of nitro benzene ring substituents is 1. The number of nitro groups is 1. The molecule has 1 heterocycles. The fourth-order valence-corrected chi connectivity index (χ4v) is 2.55. The van der Waals surface area contributed by atoms with Crippen LogP contribution in [0.3, 0.4) is 0 Å². The molecule has 0 aliphatic carbocycles. The molecule has 0 atom stereocenters. The topological polar surface area (TPSA) is 91.8 Å². The minimum absolute atomic E-state index is 0.0898. The van der Waals surface area contributed by atoms with Gasteiger partial charge < -0.3 is 5.32 Å². The number of aryl methyl sites for hydroxylation is 2. The number of thiazole rings is 1. The maximum absolute atomic E-state index is 10.7. The van der Waals surface area contributed by atoms with E-state index in [-0.39, 0.29) is 11.3 Å². The zero-order chi connectivity index (χ0) is 14.7. The lowest BCUT2D eigenvalue weighted by atomic mass is 10.1. The van der Waals surface area contributed by atoms with Gasteiger partial charge in [-0.15, -0.1) is 11.3 Å². The highest BCUT2D eigenvalue weighted by atomic mass is 32.1. The third kappa shape index (κ3) is 2.92. The second kappa shape index (κ2) is 5.67. The summed E-state index contributed by atoms with van der Waals surface area (Å²) in [6, 6.07) is 6.15. The van der Waals surface area contributed by atoms with E-state index in [1.807, 2.05) is 19.9 Å². The number of nitriles is 1. The molecule has 0 aliphatic heterocycles. The summed E-state index contributed by atoms with van der Waals surface area (Å²) in [6.07, 6.45) is 0. The molecule has 6 nitrogen and oxygen atoms in total. The Kier molecular flexibility index (Phi) is 3.96. The van der Waals surface area contributed by atoms with E-state index in [1.54, 1.807) is 17.4 Å². The lowest BCUT2D eigenvalue weighted by molar-refractivity contribution is -0.384. The molecule has 0 fully saturated rings. The predicted molar refractivity (Wildman–Crippen MR) is 76.7 cm³/mol. The summed E-state index contributed by atoms with van der Waals surface area (Å²) < 4.78 is 0. The number of nitrogens with zero attached hydrogens (tertiary/aromatic N) is 3. The number of rotatable bonds is 4. The monoisotopic (exact) mass is 288 g/mol. The van der Waals surface area contributed by atoms with Crippen molar-refractivity contribution in [3.63, 3.8) is 0 Å². The molecule has 0 saturated carbocycles. The molecular formula is C13H12N4O2S. The average molecular weight is 288 g/mol. The minimum atomic E-state index is -0.516. The molecule has 0 spiro atoms. The first-order valence-electron chi connectivity index (χ1n) is 5.86. The van der Waals surface area contributed by atoms with Crippen molar-refractivity contribution in [2.45, 2.75) is 20.4 Å². The summed E-state index contributed by atoms with van der Waals surface area (Å²) in [6.45, 7) is 4.44. The standard InChI is InChI=1S/C13H12N4O2S/c1-8-9(2)20-13(16-8)7-15-12-4-3-11(17(18)19)5-10(12)6-14/h3-5,15H,7H2,1-2H3. The van der Waals surface area contributed by atoms with Gasteiger partial charge in [0.05, 0.1) is 28.4 Å². The van der Waals surface area contributed by atoms with Crippen molar-refractivity contribution in [2.75, 3.05) is 5.32 Å². The lowest BCUT2D eigenvalue weighted by Gasteiger charge is -2.06. The van der Waals surface area contributed by atoms with E-state index in [0.29, 0.717) is 12.2 Å². The highest BCUT2D eigenvalue weighted by Gasteiger charge is 2.11. The fraction of sp³-hybridized carbons (Fsp3) is 0.231. The number of benzene rings is 1. The molecule has 0 saturated heterocycles. The first kappa shape index (κ1) is 14.0. The van der Waals surface area contributed by atoms with Gasteiger partial charge in [0.25, 0.3) is 5.69 Å². The molecule has 0 aliphatic rings. The molecule has 0 unspecified atom stereocenters. The second-order valence-corrected chi connectivity index (χ2v) is 5.49. The van der Waals surface area contributed by atoms with Crippen LogP contribution < -0.4 is 5.32 Å². The molecule has 102 valence electrons. The second-order valence-electron chi connectivity index (χ2n) is 4.20. The summed E-state index contributed by atoms with van der Waals surface area (Å²) in [7, 11) is 0. The normalized spacial score (nSPS) is 10.1. The van der Waals surface area contributed by atoms with Crippen LogP contribution in [0.1, 0.15) is 21.1 Å². The average Bonchev–Trinajstić information content (AvgIpc) is 2.75. The van der Waals surface area contributed by atoms with Gasteiger partial charge in [-0.05, 0) is 19.9 Å². The summed E-state index contributed by atoms with van der Waals surface area (Å²) in [5.41, 5.74) is 1.73. The largest absolute Gasteiger partial charge is 0.377 e. The van der Waals surface area contributed by atoms with Crippen LogP contribution in [0.15, 0.2) is 18.2 Å². The van der Waals surface area contributed by atoms with E-state index in [4.69, 9.17) is 5.26 Å². The van der Waals surface area contributed by atoms with Gasteiger partial charge in [-0.2, -0.15) is 5.26 Å². The van der Waals surface area contributed by atoms with Crippen LogP contribution >= 0.6 is 11.3 Å². The molecule has 20 heavy (non-hydrogen) atoms. The quantitative estimate of drug-likeness (QED) is 0.689. The Morgan fingerprint density at radius 2 is 2.25 bits per heavy atom. The summed E-state index contributed by atoms with van der Waals surface area (Å²) in [4.78, 5) is 15.7. The Morgan fingerprint density at radius 3 is 2.80 bits per heavy atom. The Labute approximate surface area is 119 Å². The van der Waals surface area contributed by atoms with E-state index in [9.17, 15) is 10.1 Å². The number of hydrogen-bond acceptors (Lipinski definition) is 6. The Bertz CT molecular complexity index is 683. The van der Waals surface area contributed by atoms with Crippen molar-refractivity contribution in [1.82, 2.24) is 4.98 Å². The van der Waals surface area contributed by atoms with Crippen molar-refractivity contribution in [3.05, 3.63) is 49.5 Å². The molecule has 2 aromatic rings. The maximum Gasteiger partial charge on any atom is 0.270 e. The van der Waals surface area contributed by atoms with Crippen molar-refractivity contribution >= 4 is 22.7 Å². The van der Waals surface area contributed by atoms with Crippen LogP contribution in [0.25, 0.3) is 0 Å². The fourth-order valence-electron chi connectivity index (χ4n) is 1.68. The molecule has 1 N–H and O–H groups in total. The molecule has 1 aromatic heterocycles. The van der Waals surface area contributed by atoms with Crippen molar-refractivity contribution in [3.8, 4) is 6.07 Å². The zero-order valence-electron chi connectivity index (χ0n) is 11.0. The van der Waals surface area contributed by atoms with Gasteiger partial charge in [0.1, 0.15) is 11.1 Å². The molecule has 1 aromatic carbocycles. The highest BCUT2D eigenvalue weighted by Crippen LogP contribution is 2.23. The van der Waals surface area contributed by atoms with Crippen LogP contribution in [-0.2, 0) is 6.54 Å². The highest BCUT2D eigenvalue weighted by molar-refractivity contribution is 7.11. The number of nitrogens with one attached hydrogen (secondary N) is 1. The SMILES string of the molecule is Cc1nc(CNc2ccc([N+](=O)[O-])cc2C#N)sc1C. The molecule has 0 radical (unpaired) electrons.